The Labute approximate surface area is 658 Å². The van der Waals surface area contributed by atoms with E-state index in [1.807, 2.05) is 6.07 Å². The number of hydrogen-bond donors (Lipinski definition) is 1. The zero-order valence-electron chi connectivity index (χ0n) is 63.1. The third-order valence-electron chi connectivity index (χ3n) is 23.2. The summed E-state index contributed by atoms with van der Waals surface area (Å²) in [5.41, 5.74) is 31.6. The molecule has 22 rings (SSSR count). The lowest BCUT2D eigenvalue weighted by atomic mass is 9.81. The van der Waals surface area contributed by atoms with Gasteiger partial charge in [0.15, 0.2) is 0 Å². The maximum atomic E-state index is 3.57. The Morgan fingerprint density at radius 2 is 0.619 bits per heavy atom. The van der Waals surface area contributed by atoms with E-state index >= 15 is 0 Å². The zero-order chi connectivity index (χ0) is 75.4. The van der Waals surface area contributed by atoms with Crippen LogP contribution < -0.4 is 5.32 Å². The molecule has 0 spiro atoms. The standard InChI is InChI=1S/C40H31N.C35H25N.C34H24N2/c1-40(2)36-24-28(23-27-11-5-3-6-12-27)17-20-32(36)33-21-18-30(26-37(33)40)29-19-22-39-35(25-29)34-15-9-10-16-38(34)41(39)31-13-7-4-8-14-31;1-3-11-25(12-4-1)23-26-13-9-19-31-29(26)17-10-18-30(31)27-21-22-35-33(24-27)32-16-7-8-20-34(32)36(35)28-14-5-2-6-15-28;1-3-11-27(12-4-1)35-32-16-9-10-26-22-24(18-20-29(26)32)25-19-21-34-31(23-25)30-15-7-8-17-33(30)36(34)28-13-5-2-6-14-28/h3-22,24-26H,23H2,1-2H3;1-22,24H,23H2;1-23,35H. The number of para-hydroxylation sites is 7. The van der Waals surface area contributed by atoms with Gasteiger partial charge in [0.25, 0.3) is 0 Å². The highest BCUT2D eigenvalue weighted by Gasteiger charge is 2.36. The molecule has 4 nitrogen and oxygen atoms in total. The average Bonchev–Trinajstić information content (AvgIpc) is 1.66. The Morgan fingerprint density at radius 3 is 1.17 bits per heavy atom. The lowest BCUT2D eigenvalue weighted by Gasteiger charge is -2.22. The van der Waals surface area contributed by atoms with Crippen LogP contribution in [-0.4, -0.2) is 13.7 Å². The minimum Gasteiger partial charge on any atom is -0.355 e. The number of hydrogen-bond acceptors (Lipinski definition) is 1. The van der Waals surface area contributed by atoms with Crippen LogP contribution in [0.3, 0.4) is 0 Å². The molecule has 0 saturated carbocycles. The van der Waals surface area contributed by atoms with Gasteiger partial charge >= 0.3 is 0 Å². The second kappa shape index (κ2) is 28.9. The first kappa shape index (κ1) is 68.0. The van der Waals surface area contributed by atoms with Gasteiger partial charge in [-0.2, -0.15) is 0 Å². The van der Waals surface area contributed by atoms with Gasteiger partial charge in [-0.15, -0.1) is 0 Å². The number of aromatic nitrogens is 3. The van der Waals surface area contributed by atoms with E-state index in [-0.39, 0.29) is 5.41 Å². The van der Waals surface area contributed by atoms with Crippen molar-refractivity contribution in [1.29, 1.82) is 0 Å². The van der Waals surface area contributed by atoms with Crippen molar-refractivity contribution in [3.05, 3.63) is 452 Å². The Morgan fingerprint density at radius 1 is 0.230 bits per heavy atom. The topological polar surface area (TPSA) is 26.8 Å². The molecule has 113 heavy (non-hydrogen) atoms. The highest BCUT2D eigenvalue weighted by Crippen LogP contribution is 2.51. The Hall–Kier alpha value is -14.3. The average molecular weight is 1450 g/mol. The number of rotatable bonds is 12. The maximum Gasteiger partial charge on any atom is 0.0541 e. The van der Waals surface area contributed by atoms with Gasteiger partial charge in [-0.1, -0.05) is 311 Å². The summed E-state index contributed by atoms with van der Waals surface area (Å²) in [7, 11) is 0. The second-order valence-electron chi connectivity index (χ2n) is 30.4. The van der Waals surface area contributed by atoms with Crippen molar-refractivity contribution in [3.8, 4) is 61.6 Å². The van der Waals surface area contributed by atoms with Crippen molar-refractivity contribution < 1.29 is 0 Å². The third-order valence-corrected chi connectivity index (χ3v) is 23.2. The van der Waals surface area contributed by atoms with Gasteiger partial charge in [-0.25, -0.2) is 0 Å². The molecule has 0 bridgehead atoms. The maximum absolute atomic E-state index is 3.57. The molecule has 0 aliphatic heterocycles. The fourth-order valence-electron chi connectivity index (χ4n) is 17.8. The SMILES string of the molecule is CC1(C)c2cc(Cc3ccccc3)ccc2-c2ccc(-c3ccc4c(c3)c3ccccc3n4-c3ccccc3)cc21.c1ccc(Cc2cccc3c(-c4ccc5c(c4)c4ccccc4n5-c4ccccc4)cccc23)cc1.c1ccc(Nc2cccc3cc(-c4ccc5c(c4)c4ccccc4n5-c4ccccc4)ccc23)cc1. The van der Waals surface area contributed by atoms with Crippen LogP contribution in [0.15, 0.2) is 419 Å². The molecule has 1 N–H and O–H groups in total. The molecule has 4 heteroatoms. The molecule has 0 amide bonds. The van der Waals surface area contributed by atoms with Crippen LogP contribution in [0.5, 0.6) is 0 Å². The number of nitrogens with one attached hydrogen (secondary N) is 1. The molecule has 0 atom stereocenters. The smallest absolute Gasteiger partial charge is 0.0541 e. The first-order valence-electron chi connectivity index (χ1n) is 39.3. The summed E-state index contributed by atoms with van der Waals surface area (Å²) in [5, 5.41) is 16.3. The molecular weight excluding hydrogens is 1370 g/mol. The first-order chi connectivity index (χ1) is 55.8. The van der Waals surface area contributed by atoms with Gasteiger partial charge in [-0.3, -0.25) is 0 Å². The van der Waals surface area contributed by atoms with Gasteiger partial charge in [0.2, 0.25) is 0 Å². The van der Waals surface area contributed by atoms with Crippen LogP contribution in [0.4, 0.5) is 11.4 Å². The van der Waals surface area contributed by atoms with E-state index in [4.69, 9.17) is 0 Å². The number of fused-ring (bicyclic) bond motifs is 14. The summed E-state index contributed by atoms with van der Waals surface area (Å²) in [6.07, 6.45) is 1.90. The van der Waals surface area contributed by atoms with Gasteiger partial charge < -0.3 is 19.0 Å². The molecule has 0 fully saturated rings. The van der Waals surface area contributed by atoms with Crippen LogP contribution >= 0.6 is 0 Å². The summed E-state index contributed by atoms with van der Waals surface area (Å²) < 4.78 is 7.11. The van der Waals surface area contributed by atoms with Gasteiger partial charge in [0.05, 0.1) is 33.1 Å². The first-order valence-corrected chi connectivity index (χ1v) is 39.3. The summed E-state index contributed by atoms with van der Waals surface area (Å²) in [4.78, 5) is 0. The summed E-state index contributed by atoms with van der Waals surface area (Å²) >= 11 is 0. The number of nitrogens with zero attached hydrogens (tertiary/aromatic N) is 3. The lowest BCUT2D eigenvalue weighted by Crippen LogP contribution is -2.15. The highest BCUT2D eigenvalue weighted by molar-refractivity contribution is 6.14. The van der Waals surface area contributed by atoms with Crippen LogP contribution in [0.1, 0.15) is 47.2 Å². The normalized spacial score (nSPS) is 12.1. The fraction of sp³-hybridized carbons (Fsp3) is 0.0459. The number of anilines is 2. The van der Waals surface area contributed by atoms with E-state index in [2.05, 4.69) is 445 Å². The predicted octanol–water partition coefficient (Wildman–Crippen LogP) is 28.9. The van der Waals surface area contributed by atoms with E-state index in [9.17, 15) is 0 Å². The highest BCUT2D eigenvalue weighted by atomic mass is 15.0. The van der Waals surface area contributed by atoms with E-state index in [0.29, 0.717) is 0 Å². The summed E-state index contributed by atoms with van der Waals surface area (Å²) in [6, 6.07) is 151. The minimum atomic E-state index is -0.0548. The fourth-order valence-corrected chi connectivity index (χ4v) is 17.8. The third kappa shape index (κ3) is 12.6. The van der Waals surface area contributed by atoms with Gasteiger partial charge in [0.1, 0.15) is 0 Å². The van der Waals surface area contributed by atoms with E-state index < -0.39 is 0 Å². The quantitative estimate of drug-likeness (QED) is 0.130. The van der Waals surface area contributed by atoms with Crippen LogP contribution in [0, 0.1) is 0 Å². The van der Waals surface area contributed by atoms with Crippen molar-refractivity contribution in [1.82, 2.24) is 13.7 Å². The molecule has 18 aromatic carbocycles. The molecule has 1 aliphatic rings. The second-order valence-corrected chi connectivity index (χ2v) is 30.4. The molecule has 3 heterocycles. The largest absolute Gasteiger partial charge is 0.355 e. The van der Waals surface area contributed by atoms with Gasteiger partial charge in [0, 0.05) is 71.6 Å². The van der Waals surface area contributed by atoms with Crippen molar-refractivity contribution in [2.24, 2.45) is 0 Å². The van der Waals surface area contributed by atoms with E-state index in [1.54, 1.807) is 0 Å². The van der Waals surface area contributed by atoms with E-state index in [1.165, 1.54) is 182 Å². The molecule has 0 radical (unpaired) electrons. The Balaban J connectivity index is 0.000000110. The predicted molar refractivity (Wildman–Crippen MR) is 479 cm³/mol. The van der Waals surface area contributed by atoms with Crippen LogP contribution in [0.2, 0.25) is 0 Å². The zero-order valence-corrected chi connectivity index (χ0v) is 63.1. The minimum absolute atomic E-state index is 0.0548. The van der Waals surface area contributed by atoms with Crippen LogP contribution in [0.25, 0.3) is 149 Å². The van der Waals surface area contributed by atoms with Crippen molar-refractivity contribution >= 4 is 98.3 Å². The van der Waals surface area contributed by atoms with E-state index in [0.717, 1.165) is 24.2 Å². The molecule has 3 aromatic heterocycles. The van der Waals surface area contributed by atoms with Gasteiger partial charge in [-0.05, 0) is 228 Å². The summed E-state index contributed by atoms with van der Waals surface area (Å²) in [5.74, 6) is 0. The Bertz CT molecular complexity index is 7130. The molecule has 1 aliphatic carbocycles. The van der Waals surface area contributed by atoms with Crippen LogP contribution in [-0.2, 0) is 18.3 Å². The van der Waals surface area contributed by atoms with Crippen molar-refractivity contribution in [2.45, 2.75) is 32.1 Å². The Kier molecular flexibility index (Phi) is 17.4. The monoisotopic (exact) mass is 1440 g/mol. The van der Waals surface area contributed by atoms with Crippen molar-refractivity contribution in [3.63, 3.8) is 0 Å². The van der Waals surface area contributed by atoms with Crippen molar-refractivity contribution in [2.75, 3.05) is 5.32 Å². The molecule has 0 saturated heterocycles. The molecule has 0 unspecified atom stereocenters. The summed E-state index contributed by atoms with van der Waals surface area (Å²) in [6.45, 7) is 4.76. The molecule has 536 valence electrons. The molecular formula is C109H80N4. The number of benzene rings is 18. The lowest BCUT2D eigenvalue weighted by molar-refractivity contribution is 0.659. The molecule has 21 aromatic rings.